The van der Waals surface area contributed by atoms with E-state index in [2.05, 4.69) is 29.2 Å². The third-order valence-electron chi connectivity index (χ3n) is 8.41. The van der Waals surface area contributed by atoms with Gasteiger partial charge in [-0.25, -0.2) is 0 Å². The lowest BCUT2D eigenvalue weighted by Gasteiger charge is -2.52. The predicted molar refractivity (Wildman–Crippen MR) is 138 cm³/mol. The number of benzene rings is 2. The molecule has 0 aromatic heterocycles. The summed E-state index contributed by atoms with van der Waals surface area (Å²) in [5, 5.41) is 11.1. The molecule has 37 heavy (non-hydrogen) atoms. The Kier molecular flexibility index (Phi) is 6.65. The average Bonchev–Trinajstić information content (AvgIpc) is 2.93. The molecule has 8 heteroatoms. The van der Waals surface area contributed by atoms with Crippen molar-refractivity contribution in [1.82, 2.24) is 14.7 Å². The van der Waals surface area contributed by atoms with Crippen LogP contribution in [0.2, 0.25) is 0 Å². The van der Waals surface area contributed by atoms with Crippen molar-refractivity contribution in [3.63, 3.8) is 0 Å². The topological polar surface area (TPSA) is 82.5 Å². The first-order valence-corrected chi connectivity index (χ1v) is 13.5. The largest absolute Gasteiger partial charge is 0.493 e. The van der Waals surface area contributed by atoms with Crippen molar-refractivity contribution >= 4 is 11.8 Å². The van der Waals surface area contributed by atoms with Gasteiger partial charge in [-0.3, -0.25) is 14.5 Å². The second-order valence-electron chi connectivity index (χ2n) is 10.6. The Morgan fingerprint density at radius 1 is 1.05 bits per heavy atom. The molecule has 196 valence electrons. The lowest BCUT2D eigenvalue weighted by atomic mass is 9.90. The number of rotatable bonds is 5. The molecule has 4 heterocycles. The van der Waals surface area contributed by atoms with Gasteiger partial charge in [0.25, 0.3) is 11.8 Å². The molecule has 0 radical (unpaired) electrons. The number of amides is 2. The number of carbonyl (C=O) groups excluding carboxylic acids is 2. The van der Waals surface area contributed by atoms with Gasteiger partial charge in [0.1, 0.15) is 5.75 Å². The number of carbonyl (C=O) groups is 2. The van der Waals surface area contributed by atoms with Gasteiger partial charge in [0, 0.05) is 37.8 Å². The number of ether oxygens (including phenoxy) is 2. The molecule has 1 N–H and O–H groups in total. The SMILES string of the molecule is CCOc1cc(C(=O)N2C3COCC2C3)ccc1C(=O)N1CC[C@@H](N2CCc3ccccc3C2)[C@H](O)C1. The molecule has 3 saturated heterocycles. The van der Waals surface area contributed by atoms with Crippen LogP contribution < -0.4 is 4.74 Å². The Morgan fingerprint density at radius 3 is 2.57 bits per heavy atom. The van der Waals surface area contributed by atoms with E-state index in [0.717, 1.165) is 32.4 Å². The second kappa shape index (κ2) is 10.1. The van der Waals surface area contributed by atoms with Gasteiger partial charge < -0.3 is 24.4 Å². The Hall–Kier alpha value is -2.94. The fraction of sp³-hybridized carbons (Fsp3) is 0.517. The van der Waals surface area contributed by atoms with Crippen LogP contribution in [0.5, 0.6) is 5.75 Å². The molecule has 0 saturated carbocycles. The van der Waals surface area contributed by atoms with E-state index in [4.69, 9.17) is 9.47 Å². The van der Waals surface area contributed by atoms with Crippen LogP contribution in [0.4, 0.5) is 0 Å². The molecule has 2 unspecified atom stereocenters. The number of β-amino-alcohol motifs (C(OH)–C–C–N with tert-alkyl or cyclic N) is 1. The lowest BCUT2D eigenvalue weighted by Crippen LogP contribution is -2.65. The highest BCUT2D eigenvalue weighted by Crippen LogP contribution is 2.34. The number of piperidine rings is 1. The van der Waals surface area contributed by atoms with Crippen molar-refractivity contribution in [3.05, 3.63) is 64.7 Å². The summed E-state index contributed by atoms with van der Waals surface area (Å²) in [6, 6.07) is 13.9. The molecule has 4 atom stereocenters. The van der Waals surface area contributed by atoms with Gasteiger partial charge in [-0.15, -0.1) is 0 Å². The summed E-state index contributed by atoms with van der Waals surface area (Å²) in [7, 11) is 0. The Balaban J connectivity index is 1.14. The molecule has 4 aliphatic rings. The third-order valence-corrected chi connectivity index (χ3v) is 8.41. The smallest absolute Gasteiger partial charge is 0.257 e. The zero-order chi connectivity index (χ0) is 25.5. The summed E-state index contributed by atoms with van der Waals surface area (Å²) in [5.41, 5.74) is 3.67. The summed E-state index contributed by atoms with van der Waals surface area (Å²) >= 11 is 0. The zero-order valence-electron chi connectivity index (χ0n) is 21.3. The molecule has 2 bridgehead atoms. The lowest BCUT2D eigenvalue weighted by molar-refractivity contribution is -0.104. The van der Waals surface area contributed by atoms with E-state index in [1.807, 2.05) is 11.8 Å². The van der Waals surface area contributed by atoms with Gasteiger partial charge in [0.2, 0.25) is 0 Å². The number of hydrogen-bond acceptors (Lipinski definition) is 6. The number of nitrogens with zero attached hydrogens (tertiary/aromatic N) is 3. The van der Waals surface area contributed by atoms with Crippen LogP contribution in [-0.4, -0.2) is 95.3 Å². The van der Waals surface area contributed by atoms with Crippen molar-refractivity contribution in [2.75, 3.05) is 39.5 Å². The molecule has 4 aliphatic heterocycles. The maximum absolute atomic E-state index is 13.5. The van der Waals surface area contributed by atoms with Gasteiger partial charge in [-0.2, -0.15) is 0 Å². The summed E-state index contributed by atoms with van der Waals surface area (Å²) in [5.74, 6) is 0.214. The molecule has 6 rings (SSSR count). The van der Waals surface area contributed by atoms with Crippen LogP contribution in [0.25, 0.3) is 0 Å². The maximum atomic E-state index is 13.5. The summed E-state index contributed by atoms with van der Waals surface area (Å²) in [6.07, 6.45) is 2.07. The molecule has 3 fully saturated rings. The summed E-state index contributed by atoms with van der Waals surface area (Å²) in [4.78, 5) is 32.7. The van der Waals surface area contributed by atoms with E-state index in [9.17, 15) is 14.7 Å². The molecule has 2 amide bonds. The predicted octanol–water partition coefficient (Wildman–Crippen LogP) is 2.33. The normalized spacial score (nSPS) is 27.3. The Bertz CT molecular complexity index is 1170. The monoisotopic (exact) mass is 505 g/mol. The van der Waals surface area contributed by atoms with E-state index in [-0.39, 0.29) is 36.5 Å². The van der Waals surface area contributed by atoms with Crippen LogP contribution in [0, 0.1) is 0 Å². The quantitative estimate of drug-likeness (QED) is 0.672. The molecule has 2 aromatic rings. The van der Waals surface area contributed by atoms with Crippen LogP contribution in [-0.2, 0) is 17.7 Å². The van der Waals surface area contributed by atoms with E-state index in [1.165, 1.54) is 11.1 Å². The standard InChI is InChI=1S/C29H35N3O5/c1-2-37-27-13-20(28(34)32-22-14-23(32)18-36-17-22)7-8-24(27)29(35)31-12-10-25(26(33)16-31)30-11-9-19-5-3-4-6-21(19)15-30/h3-8,13,22-23,25-26,33H,2,9-12,14-18H2,1H3/t22?,23?,25-,26-/m1/s1. The van der Waals surface area contributed by atoms with Gasteiger partial charge in [0.15, 0.2) is 0 Å². The Labute approximate surface area is 217 Å². The molecule has 8 nitrogen and oxygen atoms in total. The van der Waals surface area contributed by atoms with Crippen molar-refractivity contribution in [2.24, 2.45) is 0 Å². The fourth-order valence-corrected chi connectivity index (χ4v) is 6.43. The summed E-state index contributed by atoms with van der Waals surface area (Å²) < 4.78 is 11.3. The number of hydrogen-bond donors (Lipinski definition) is 1. The number of aliphatic hydroxyl groups excluding tert-OH is 1. The van der Waals surface area contributed by atoms with Crippen molar-refractivity contribution in [2.45, 2.75) is 57.0 Å². The average molecular weight is 506 g/mol. The minimum Gasteiger partial charge on any atom is -0.493 e. The van der Waals surface area contributed by atoms with Gasteiger partial charge in [0.05, 0.1) is 43.6 Å². The Morgan fingerprint density at radius 2 is 1.84 bits per heavy atom. The van der Waals surface area contributed by atoms with Crippen molar-refractivity contribution < 1.29 is 24.2 Å². The van der Waals surface area contributed by atoms with Crippen LogP contribution in [0.1, 0.15) is 51.6 Å². The van der Waals surface area contributed by atoms with Crippen molar-refractivity contribution in [1.29, 1.82) is 0 Å². The van der Waals surface area contributed by atoms with E-state index >= 15 is 0 Å². The van der Waals surface area contributed by atoms with Gasteiger partial charge in [-0.1, -0.05) is 24.3 Å². The molecule has 0 spiro atoms. The van der Waals surface area contributed by atoms with Crippen LogP contribution in [0.15, 0.2) is 42.5 Å². The van der Waals surface area contributed by atoms with Gasteiger partial charge >= 0.3 is 0 Å². The van der Waals surface area contributed by atoms with E-state index in [0.29, 0.717) is 43.2 Å². The molecular formula is C29H35N3O5. The number of aliphatic hydroxyl groups is 1. The van der Waals surface area contributed by atoms with E-state index < -0.39 is 6.10 Å². The zero-order valence-corrected chi connectivity index (χ0v) is 21.3. The maximum Gasteiger partial charge on any atom is 0.257 e. The number of fused-ring (bicyclic) bond motifs is 3. The van der Waals surface area contributed by atoms with E-state index in [1.54, 1.807) is 23.1 Å². The van der Waals surface area contributed by atoms with Crippen molar-refractivity contribution in [3.8, 4) is 5.75 Å². The number of likely N-dealkylation sites (tertiary alicyclic amines) is 1. The second-order valence-corrected chi connectivity index (χ2v) is 10.6. The van der Waals surface area contributed by atoms with Crippen LogP contribution >= 0.6 is 0 Å². The molecule has 2 aromatic carbocycles. The summed E-state index contributed by atoms with van der Waals surface area (Å²) in [6.45, 7) is 6.03. The minimum absolute atomic E-state index is 0.0312. The first kappa shape index (κ1) is 24.4. The molecular weight excluding hydrogens is 470 g/mol. The van der Waals surface area contributed by atoms with Crippen LogP contribution in [0.3, 0.4) is 0 Å². The highest BCUT2D eigenvalue weighted by molar-refractivity contribution is 6.00. The molecule has 0 aliphatic carbocycles. The fourth-order valence-electron chi connectivity index (χ4n) is 6.43. The first-order valence-electron chi connectivity index (χ1n) is 13.5. The highest BCUT2D eigenvalue weighted by Gasteiger charge is 2.45. The van der Waals surface area contributed by atoms with Gasteiger partial charge in [-0.05, 0) is 55.5 Å². The highest BCUT2D eigenvalue weighted by atomic mass is 16.5. The third kappa shape index (κ3) is 4.51. The first-order chi connectivity index (χ1) is 18.0. The number of morpholine rings is 1. The minimum atomic E-state index is -0.618.